The molecular formula is C31H29F3N2O7S. The fourth-order valence-electron chi connectivity index (χ4n) is 4.85. The quantitative estimate of drug-likeness (QED) is 0.155. The minimum absolute atomic E-state index is 0.131. The summed E-state index contributed by atoms with van der Waals surface area (Å²) in [5, 5.41) is 0. The number of benzene rings is 3. The first-order chi connectivity index (χ1) is 20.9. The normalized spacial score (nSPS) is 13.6. The number of ether oxygens (including phenoxy) is 3. The van der Waals surface area contributed by atoms with Crippen molar-refractivity contribution in [3.05, 3.63) is 89.7 Å². The highest BCUT2D eigenvalue weighted by atomic mass is 32.2. The lowest BCUT2D eigenvalue weighted by Crippen LogP contribution is -2.37. The third-order valence-corrected chi connectivity index (χ3v) is 7.48. The minimum atomic E-state index is -4.57. The molecule has 1 N–H and O–H groups in total. The van der Waals surface area contributed by atoms with Crippen molar-refractivity contribution in [2.24, 2.45) is 0 Å². The largest absolute Gasteiger partial charge is 0.465 e. The molecule has 1 aromatic heterocycles. The van der Waals surface area contributed by atoms with Gasteiger partial charge >= 0.3 is 6.18 Å². The second-order valence-corrected chi connectivity index (χ2v) is 11.8. The molecule has 232 valence electrons. The number of hydrogen-bond donors (Lipinski definition) is 1. The van der Waals surface area contributed by atoms with E-state index < -0.39 is 21.8 Å². The van der Waals surface area contributed by atoms with E-state index in [1.54, 1.807) is 48.5 Å². The first-order valence-corrected chi connectivity index (χ1v) is 15.3. The summed E-state index contributed by atoms with van der Waals surface area (Å²) < 4.78 is 88.9. The van der Waals surface area contributed by atoms with Crippen molar-refractivity contribution >= 4 is 27.3 Å². The highest BCUT2D eigenvalue weighted by Gasteiger charge is 2.32. The number of anilines is 2. The second-order valence-electron chi connectivity index (χ2n) is 10.1. The van der Waals surface area contributed by atoms with Crippen LogP contribution in [-0.4, -0.2) is 54.2 Å². The van der Waals surface area contributed by atoms with Crippen LogP contribution in [0.2, 0.25) is 0 Å². The van der Waals surface area contributed by atoms with E-state index in [1.807, 2.05) is 0 Å². The van der Waals surface area contributed by atoms with Crippen LogP contribution < -0.4 is 14.4 Å². The molecule has 1 aliphatic rings. The first kappa shape index (κ1) is 31.1. The Bertz CT molecular complexity index is 1760. The number of sulfonamides is 1. The molecule has 3 aromatic carbocycles. The second kappa shape index (κ2) is 12.7. The molecule has 0 bridgehead atoms. The van der Waals surface area contributed by atoms with Crippen molar-refractivity contribution in [1.29, 1.82) is 0 Å². The molecule has 0 spiro atoms. The molecule has 13 heteroatoms. The SMILES string of the molecule is COCCOCOc1ccc(N2CCc3cc(-c4cc(-c5ccco5)cc(C(F)(F)F)c4)ccc3C2=O)cc1NS(C)(=O)=O. The molecular weight excluding hydrogens is 601 g/mol. The number of methoxy groups -OCH3 is 1. The fourth-order valence-corrected chi connectivity index (χ4v) is 5.41. The predicted octanol–water partition coefficient (Wildman–Crippen LogP) is 6.21. The zero-order chi connectivity index (χ0) is 31.5. The van der Waals surface area contributed by atoms with Gasteiger partial charge in [0.15, 0.2) is 6.79 Å². The number of halogens is 3. The molecule has 4 aromatic rings. The minimum Gasteiger partial charge on any atom is -0.465 e. The molecule has 0 saturated carbocycles. The number of nitrogens with one attached hydrogen (secondary N) is 1. The number of rotatable bonds is 11. The van der Waals surface area contributed by atoms with Gasteiger partial charge < -0.3 is 23.5 Å². The Kier molecular flexibility index (Phi) is 9.00. The van der Waals surface area contributed by atoms with Crippen molar-refractivity contribution in [1.82, 2.24) is 0 Å². The Morgan fingerprint density at radius 3 is 2.48 bits per heavy atom. The molecule has 0 saturated heterocycles. The van der Waals surface area contributed by atoms with E-state index in [0.29, 0.717) is 46.7 Å². The summed E-state index contributed by atoms with van der Waals surface area (Å²) in [5.74, 6) is 0.182. The number of carbonyl (C=O) groups is 1. The van der Waals surface area contributed by atoms with E-state index in [4.69, 9.17) is 18.6 Å². The van der Waals surface area contributed by atoms with Crippen LogP contribution in [0.3, 0.4) is 0 Å². The third-order valence-electron chi connectivity index (χ3n) is 6.88. The lowest BCUT2D eigenvalue weighted by Gasteiger charge is -2.29. The van der Waals surface area contributed by atoms with Crippen molar-refractivity contribution in [3.63, 3.8) is 0 Å². The summed E-state index contributed by atoms with van der Waals surface area (Å²) in [5.41, 5.74) is 1.97. The van der Waals surface area contributed by atoms with Crippen LogP contribution in [0.25, 0.3) is 22.5 Å². The van der Waals surface area contributed by atoms with E-state index >= 15 is 0 Å². The fraction of sp³-hybridized carbons (Fsp3) is 0.258. The third kappa shape index (κ3) is 7.24. The predicted molar refractivity (Wildman–Crippen MR) is 158 cm³/mol. The van der Waals surface area contributed by atoms with Crippen LogP contribution in [0, 0.1) is 0 Å². The summed E-state index contributed by atoms with van der Waals surface area (Å²) in [6.07, 6.45) is -1.75. The lowest BCUT2D eigenvalue weighted by atomic mass is 9.92. The topological polar surface area (TPSA) is 107 Å². The van der Waals surface area contributed by atoms with Crippen molar-refractivity contribution in [2.45, 2.75) is 12.6 Å². The molecule has 1 aliphatic heterocycles. The highest BCUT2D eigenvalue weighted by molar-refractivity contribution is 7.92. The van der Waals surface area contributed by atoms with Gasteiger partial charge in [0.2, 0.25) is 10.0 Å². The smallest absolute Gasteiger partial charge is 0.416 e. The summed E-state index contributed by atoms with van der Waals surface area (Å²) >= 11 is 0. The lowest BCUT2D eigenvalue weighted by molar-refractivity contribution is -0.137. The Morgan fingerprint density at radius 1 is 0.977 bits per heavy atom. The van der Waals surface area contributed by atoms with Crippen LogP contribution in [-0.2, 0) is 32.1 Å². The molecule has 44 heavy (non-hydrogen) atoms. The molecule has 9 nitrogen and oxygen atoms in total. The van der Waals surface area contributed by atoms with Gasteiger partial charge in [-0.15, -0.1) is 0 Å². The standard InChI is InChI=1S/C31H29F3N2O7S/c1-40-12-13-41-19-43-29-8-6-25(18-27(29)35-44(2,38)39)36-10-9-21-14-20(5-7-26(21)30(36)37)22-15-23(28-4-3-11-42-28)17-24(16-22)31(32,33)34/h3-8,11,14-18,35H,9-10,12-13,19H2,1-2H3. The molecule has 0 unspecified atom stereocenters. The Labute approximate surface area is 252 Å². The zero-order valence-corrected chi connectivity index (χ0v) is 24.6. The Morgan fingerprint density at radius 2 is 1.77 bits per heavy atom. The zero-order valence-electron chi connectivity index (χ0n) is 23.8. The molecule has 0 fully saturated rings. The van der Waals surface area contributed by atoms with Gasteiger partial charge in [-0.05, 0) is 77.7 Å². The van der Waals surface area contributed by atoms with Crippen LogP contribution >= 0.6 is 0 Å². The first-order valence-electron chi connectivity index (χ1n) is 13.5. The number of alkyl halides is 3. The van der Waals surface area contributed by atoms with E-state index in [-0.39, 0.29) is 42.9 Å². The van der Waals surface area contributed by atoms with Gasteiger partial charge in [-0.1, -0.05) is 12.1 Å². The highest BCUT2D eigenvalue weighted by Crippen LogP contribution is 2.38. The molecule has 0 atom stereocenters. The maximum absolute atomic E-state index is 13.7. The van der Waals surface area contributed by atoms with Crippen molar-refractivity contribution in [3.8, 4) is 28.2 Å². The maximum Gasteiger partial charge on any atom is 0.416 e. The van der Waals surface area contributed by atoms with E-state index in [2.05, 4.69) is 4.72 Å². The maximum atomic E-state index is 13.7. The number of carbonyl (C=O) groups excluding carboxylic acids is 1. The van der Waals surface area contributed by atoms with Gasteiger partial charge in [0.1, 0.15) is 11.5 Å². The van der Waals surface area contributed by atoms with Gasteiger partial charge in [-0.25, -0.2) is 8.42 Å². The average molecular weight is 631 g/mol. The van der Waals surface area contributed by atoms with Gasteiger partial charge in [0, 0.05) is 30.5 Å². The number of furan rings is 1. The molecule has 5 rings (SSSR count). The summed E-state index contributed by atoms with van der Waals surface area (Å²) in [7, 11) is -2.15. The van der Waals surface area contributed by atoms with Crippen LogP contribution in [0.4, 0.5) is 24.5 Å². The summed E-state index contributed by atoms with van der Waals surface area (Å²) in [6.45, 7) is 0.761. The molecule has 0 aliphatic carbocycles. The monoisotopic (exact) mass is 630 g/mol. The van der Waals surface area contributed by atoms with E-state index in [9.17, 15) is 26.4 Å². The molecule has 0 radical (unpaired) electrons. The van der Waals surface area contributed by atoms with Gasteiger partial charge in [-0.3, -0.25) is 9.52 Å². The Hall–Kier alpha value is -4.33. The summed E-state index contributed by atoms with van der Waals surface area (Å²) in [4.78, 5) is 15.1. The number of hydrogen-bond acceptors (Lipinski definition) is 7. The van der Waals surface area contributed by atoms with Crippen LogP contribution in [0.15, 0.2) is 77.4 Å². The van der Waals surface area contributed by atoms with Crippen molar-refractivity contribution < 1.29 is 45.0 Å². The average Bonchev–Trinajstić information content (AvgIpc) is 3.52. The van der Waals surface area contributed by atoms with Gasteiger partial charge in [0.25, 0.3) is 5.91 Å². The molecule has 1 amide bonds. The van der Waals surface area contributed by atoms with Gasteiger partial charge in [-0.2, -0.15) is 13.2 Å². The van der Waals surface area contributed by atoms with Gasteiger partial charge in [0.05, 0.1) is 37.0 Å². The van der Waals surface area contributed by atoms with E-state index in [0.717, 1.165) is 18.4 Å². The number of fused-ring (bicyclic) bond motifs is 1. The van der Waals surface area contributed by atoms with Crippen LogP contribution in [0.5, 0.6) is 5.75 Å². The number of amides is 1. The van der Waals surface area contributed by atoms with E-state index in [1.165, 1.54) is 24.3 Å². The number of nitrogens with zero attached hydrogens (tertiary/aromatic N) is 1. The Balaban J connectivity index is 1.42. The van der Waals surface area contributed by atoms with Crippen molar-refractivity contribution in [2.75, 3.05) is 49.5 Å². The summed E-state index contributed by atoms with van der Waals surface area (Å²) in [6, 6.07) is 16.5. The molecule has 2 heterocycles. The van der Waals surface area contributed by atoms with Crippen LogP contribution in [0.1, 0.15) is 21.5 Å².